The minimum Gasteiger partial charge on any atom is -0.340 e. The lowest BCUT2D eigenvalue weighted by atomic mass is 10.0. The molecule has 0 N–H and O–H groups in total. The summed E-state index contributed by atoms with van der Waals surface area (Å²) in [5.41, 5.74) is 0. The van der Waals surface area contributed by atoms with Crippen LogP contribution in [0, 0.1) is 5.92 Å². The summed E-state index contributed by atoms with van der Waals surface area (Å²) in [6.07, 6.45) is 2.41. The molecule has 1 aliphatic heterocycles. The van der Waals surface area contributed by atoms with Gasteiger partial charge in [-0.1, -0.05) is 6.92 Å². The molecule has 6 heteroatoms. The zero-order chi connectivity index (χ0) is 10.8. The van der Waals surface area contributed by atoms with E-state index in [1.807, 2.05) is 0 Å². The van der Waals surface area contributed by atoms with Crippen LogP contribution >= 0.6 is 23.2 Å². The molecule has 1 fully saturated rings. The second kappa shape index (κ2) is 4.49. The molecule has 2 heterocycles. The van der Waals surface area contributed by atoms with E-state index in [1.165, 1.54) is 6.42 Å². The third-order valence-electron chi connectivity index (χ3n) is 2.51. The van der Waals surface area contributed by atoms with Gasteiger partial charge in [0.1, 0.15) is 0 Å². The summed E-state index contributed by atoms with van der Waals surface area (Å²) in [5, 5.41) is 0.312. The molecular weight excluding hydrogens is 235 g/mol. The molecule has 2 rings (SSSR count). The maximum Gasteiger partial charge on any atom is 0.230 e. The lowest BCUT2D eigenvalue weighted by Gasteiger charge is -2.30. The van der Waals surface area contributed by atoms with Crippen molar-refractivity contribution in [2.24, 2.45) is 5.92 Å². The summed E-state index contributed by atoms with van der Waals surface area (Å²) in [6, 6.07) is 0. The molecule has 0 spiro atoms. The normalized spacial score (nSPS) is 21.8. The van der Waals surface area contributed by atoms with Gasteiger partial charge in [-0.2, -0.15) is 15.0 Å². The van der Waals surface area contributed by atoms with Crippen LogP contribution in [0.1, 0.15) is 19.8 Å². The largest absolute Gasteiger partial charge is 0.340 e. The summed E-state index contributed by atoms with van der Waals surface area (Å²) in [5.74, 6) is 1.25. The lowest BCUT2D eigenvalue weighted by Crippen LogP contribution is -2.35. The molecule has 1 saturated heterocycles. The van der Waals surface area contributed by atoms with Gasteiger partial charge >= 0.3 is 0 Å². The second-order valence-corrected chi connectivity index (χ2v) is 4.54. The van der Waals surface area contributed by atoms with Crippen molar-refractivity contribution < 1.29 is 0 Å². The lowest BCUT2D eigenvalue weighted by molar-refractivity contribution is 0.441. The van der Waals surface area contributed by atoms with Crippen molar-refractivity contribution in [3.63, 3.8) is 0 Å². The molecule has 1 atom stereocenters. The van der Waals surface area contributed by atoms with Gasteiger partial charge in [0.2, 0.25) is 16.5 Å². The highest BCUT2D eigenvalue weighted by Gasteiger charge is 2.19. The SMILES string of the molecule is C[C@H]1CCCN(c2nc(Cl)nc(Cl)n2)C1. The second-order valence-electron chi connectivity index (χ2n) is 3.87. The molecule has 0 radical (unpaired) electrons. The highest BCUT2D eigenvalue weighted by molar-refractivity contribution is 6.31. The zero-order valence-electron chi connectivity index (χ0n) is 8.45. The Balaban J connectivity index is 2.20. The minimum absolute atomic E-state index is 0.156. The Morgan fingerprint density at radius 1 is 1.20 bits per heavy atom. The molecule has 1 aliphatic rings. The van der Waals surface area contributed by atoms with Crippen molar-refractivity contribution in [1.29, 1.82) is 0 Å². The Morgan fingerprint density at radius 3 is 2.47 bits per heavy atom. The van der Waals surface area contributed by atoms with Crippen molar-refractivity contribution >= 4 is 29.2 Å². The van der Waals surface area contributed by atoms with Gasteiger partial charge in [-0.25, -0.2) is 0 Å². The van der Waals surface area contributed by atoms with Crippen molar-refractivity contribution in [1.82, 2.24) is 15.0 Å². The summed E-state index contributed by atoms with van der Waals surface area (Å²) < 4.78 is 0. The molecule has 82 valence electrons. The van der Waals surface area contributed by atoms with E-state index in [9.17, 15) is 0 Å². The first-order valence-electron chi connectivity index (χ1n) is 4.97. The fourth-order valence-electron chi connectivity index (χ4n) is 1.83. The Morgan fingerprint density at radius 2 is 1.87 bits per heavy atom. The Kier molecular flexibility index (Phi) is 3.26. The molecule has 15 heavy (non-hydrogen) atoms. The average Bonchev–Trinajstić information content (AvgIpc) is 2.16. The first-order chi connectivity index (χ1) is 7.15. The van der Waals surface area contributed by atoms with E-state index in [4.69, 9.17) is 23.2 Å². The summed E-state index contributed by atoms with van der Waals surface area (Å²) in [4.78, 5) is 14.0. The number of hydrogen-bond donors (Lipinski definition) is 0. The Bertz CT molecular complexity index is 338. The van der Waals surface area contributed by atoms with Crippen LogP contribution in [0.4, 0.5) is 5.95 Å². The van der Waals surface area contributed by atoms with E-state index in [-0.39, 0.29) is 10.6 Å². The van der Waals surface area contributed by atoms with Crippen molar-refractivity contribution in [3.8, 4) is 0 Å². The minimum atomic E-state index is 0.156. The third kappa shape index (κ3) is 2.69. The van der Waals surface area contributed by atoms with Crippen LogP contribution in [-0.4, -0.2) is 28.0 Å². The van der Waals surface area contributed by atoms with Gasteiger partial charge in [-0.05, 0) is 42.0 Å². The number of piperidine rings is 1. The number of rotatable bonds is 1. The first kappa shape index (κ1) is 10.9. The van der Waals surface area contributed by atoms with E-state index >= 15 is 0 Å². The molecule has 0 aromatic carbocycles. The van der Waals surface area contributed by atoms with Crippen molar-refractivity contribution in [2.75, 3.05) is 18.0 Å². The molecule has 0 bridgehead atoms. The van der Waals surface area contributed by atoms with E-state index < -0.39 is 0 Å². The fraction of sp³-hybridized carbons (Fsp3) is 0.667. The molecule has 4 nitrogen and oxygen atoms in total. The van der Waals surface area contributed by atoms with E-state index in [0.717, 1.165) is 19.5 Å². The maximum absolute atomic E-state index is 5.73. The number of nitrogens with zero attached hydrogens (tertiary/aromatic N) is 4. The predicted molar refractivity (Wildman–Crippen MR) is 60.5 cm³/mol. The van der Waals surface area contributed by atoms with E-state index in [2.05, 4.69) is 26.8 Å². The van der Waals surface area contributed by atoms with Crippen LogP contribution in [0.2, 0.25) is 10.6 Å². The van der Waals surface area contributed by atoms with Crippen molar-refractivity contribution in [2.45, 2.75) is 19.8 Å². The molecule has 0 unspecified atom stereocenters. The van der Waals surface area contributed by atoms with Gasteiger partial charge in [-0.15, -0.1) is 0 Å². The van der Waals surface area contributed by atoms with Crippen molar-refractivity contribution in [3.05, 3.63) is 10.6 Å². The smallest absolute Gasteiger partial charge is 0.230 e. The Hall–Kier alpha value is -0.610. The number of hydrogen-bond acceptors (Lipinski definition) is 4. The number of aromatic nitrogens is 3. The highest BCUT2D eigenvalue weighted by atomic mass is 35.5. The summed E-state index contributed by atoms with van der Waals surface area (Å²) in [6.45, 7) is 4.13. The zero-order valence-corrected chi connectivity index (χ0v) is 9.96. The standard InChI is InChI=1S/C9H12Cl2N4/c1-6-3-2-4-15(5-6)9-13-7(10)12-8(11)14-9/h6H,2-5H2,1H3/t6-/m0/s1. The third-order valence-corrected chi connectivity index (χ3v) is 2.85. The molecular formula is C9H12Cl2N4. The highest BCUT2D eigenvalue weighted by Crippen LogP contribution is 2.21. The van der Waals surface area contributed by atoms with Crippen LogP contribution < -0.4 is 4.90 Å². The molecule has 0 amide bonds. The topological polar surface area (TPSA) is 41.9 Å². The molecule has 1 aromatic rings. The molecule has 0 saturated carbocycles. The van der Waals surface area contributed by atoms with Gasteiger partial charge in [-0.3, -0.25) is 0 Å². The van der Waals surface area contributed by atoms with Gasteiger partial charge in [0.05, 0.1) is 0 Å². The number of halogens is 2. The summed E-state index contributed by atoms with van der Waals surface area (Å²) in [7, 11) is 0. The van der Waals surface area contributed by atoms with Crippen LogP contribution in [0.5, 0.6) is 0 Å². The van der Waals surface area contributed by atoms with Gasteiger partial charge < -0.3 is 4.90 Å². The predicted octanol–water partition coefficient (Wildman–Crippen LogP) is 2.41. The summed E-state index contributed by atoms with van der Waals surface area (Å²) >= 11 is 11.5. The molecule has 1 aromatic heterocycles. The van der Waals surface area contributed by atoms with Gasteiger partial charge in [0.25, 0.3) is 0 Å². The average molecular weight is 247 g/mol. The monoisotopic (exact) mass is 246 g/mol. The Labute approximate surface area is 98.6 Å². The van der Waals surface area contributed by atoms with E-state index in [1.54, 1.807) is 0 Å². The maximum atomic E-state index is 5.73. The van der Waals surface area contributed by atoms with Gasteiger partial charge in [0.15, 0.2) is 0 Å². The first-order valence-corrected chi connectivity index (χ1v) is 5.73. The van der Waals surface area contributed by atoms with Gasteiger partial charge in [0, 0.05) is 13.1 Å². The van der Waals surface area contributed by atoms with Crippen LogP contribution in [0.15, 0.2) is 0 Å². The van der Waals surface area contributed by atoms with Crippen LogP contribution in [-0.2, 0) is 0 Å². The van der Waals surface area contributed by atoms with Crippen LogP contribution in [0.3, 0.4) is 0 Å². The number of anilines is 1. The van der Waals surface area contributed by atoms with Crippen LogP contribution in [0.25, 0.3) is 0 Å². The molecule has 0 aliphatic carbocycles. The fourth-order valence-corrected chi connectivity index (χ4v) is 2.18. The quantitative estimate of drug-likeness (QED) is 0.764. The van der Waals surface area contributed by atoms with E-state index in [0.29, 0.717) is 11.9 Å².